The molecule has 10 heteroatoms. The number of halogens is 1. The van der Waals surface area contributed by atoms with Gasteiger partial charge < -0.3 is 19.2 Å². The summed E-state index contributed by atoms with van der Waals surface area (Å²) in [6.45, 7) is 6.02. The Bertz CT molecular complexity index is 1090. The Labute approximate surface area is 178 Å². The van der Waals surface area contributed by atoms with E-state index in [0.717, 1.165) is 32.0 Å². The molecule has 3 aromatic rings. The number of piperidine rings is 1. The van der Waals surface area contributed by atoms with Crippen LogP contribution in [0.5, 0.6) is 0 Å². The van der Waals surface area contributed by atoms with Crippen molar-refractivity contribution in [3.63, 3.8) is 0 Å². The second kappa shape index (κ2) is 9.01. The summed E-state index contributed by atoms with van der Waals surface area (Å²) in [7, 11) is 0. The number of aromatic nitrogens is 3. The Morgan fingerprint density at radius 3 is 3.10 bits per heavy atom. The predicted octanol–water partition coefficient (Wildman–Crippen LogP) is 2.53. The molecule has 9 nitrogen and oxygen atoms in total. The highest BCUT2D eigenvalue weighted by Gasteiger charge is 2.18. The highest BCUT2D eigenvalue weighted by Crippen LogP contribution is 2.19. The summed E-state index contributed by atoms with van der Waals surface area (Å²) >= 11 is 6.00. The van der Waals surface area contributed by atoms with E-state index in [2.05, 4.69) is 27.3 Å². The maximum atomic E-state index is 12.3. The Morgan fingerprint density at radius 2 is 2.27 bits per heavy atom. The van der Waals surface area contributed by atoms with E-state index in [0.29, 0.717) is 22.7 Å². The molecule has 1 N–H and O–H groups in total. The number of nitrogens with one attached hydrogen (secondary N) is 1. The molecule has 2 aromatic heterocycles. The molecule has 1 unspecified atom stereocenters. The zero-order valence-electron chi connectivity index (χ0n) is 16.8. The highest BCUT2D eigenvalue weighted by molar-refractivity contribution is 6.31. The van der Waals surface area contributed by atoms with Gasteiger partial charge in [-0.3, -0.25) is 9.36 Å². The molecule has 0 bridgehead atoms. The number of likely N-dealkylation sites (tertiary alicyclic amines) is 1. The topological polar surface area (TPSA) is 106 Å². The Morgan fingerprint density at radius 1 is 1.40 bits per heavy atom. The van der Waals surface area contributed by atoms with Crippen LogP contribution in [0.15, 0.2) is 31.9 Å². The summed E-state index contributed by atoms with van der Waals surface area (Å²) in [4.78, 5) is 30.9. The van der Waals surface area contributed by atoms with Gasteiger partial charge in [0.2, 0.25) is 0 Å². The molecule has 0 spiro atoms. The second-order valence-corrected chi connectivity index (χ2v) is 8.18. The highest BCUT2D eigenvalue weighted by atomic mass is 35.5. The van der Waals surface area contributed by atoms with Crippen LogP contribution in [0.25, 0.3) is 11.1 Å². The van der Waals surface area contributed by atoms with Crippen molar-refractivity contribution in [3.05, 3.63) is 45.5 Å². The number of benzene rings is 1. The number of hydrogen-bond donors (Lipinski definition) is 1. The van der Waals surface area contributed by atoms with Gasteiger partial charge >= 0.3 is 17.6 Å². The smallest absolute Gasteiger partial charge is 0.408 e. The third kappa shape index (κ3) is 4.73. The molecule has 1 saturated heterocycles. The fourth-order valence-corrected chi connectivity index (χ4v) is 3.97. The SMILES string of the molecule is CC1CCCN(CCCNC(=O)c2nc(Cn3c(=O)oc4ccc(Cl)cc43)no2)C1. The molecule has 1 aromatic carbocycles. The zero-order chi connectivity index (χ0) is 21.1. The summed E-state index contributed by atoms with van der Waals surface area (Å²) in [5.74, 6) is -0.174. The van der Waals surface area contributed by atoms with Gasteiger partial charge in [0, 0.05) is 18.1 Å². The van der Waals surface area contributed by atoms with Crippen LogP contribution in [0.2, 0.25) is 5.02 Å². The minimum Gasteiger partial charge on any atom is -0.408 e. The van der Waals surface area contributed by atoms with Crippen LogP contribution < -0.4 is 11.1 Å². The van der Waals surface area contributed by atoms with Crippen molar-refractivity contribution in [1.29, 1.82) is 0 Å². The Hall–Kier alpha value is -2.65. The zero-order valence-corrected chi connectivity index (χ0v) is 17.5. The van der Waals surface area contributed by atoms with Gasteiger partial charge in [0.15, 0.2) is 11.4 Å². The summed E-state index contributed by atoms with van der Waals surface area (Å²) < 4.78 is 11.6. The van der Waals surface area contributed by atoms with Crippen LogP contribution in [-0.4, -0.2) is 51.7 Å². The first kappa shape index (κ1) is 20.6. The maximum Gasteiger partial charge on any atom is 0.420 e. The number of nitrogens with zero attached hydrogens (tertiary/aromatic N) is 4. The third-order valence-corrected chi connectivity index (χ3v) is 5.50. The normalized spacial score (nSPS) is 17.5. The van der Waals surface area contributed by atoms with Gasteiger partial charge in [-0.15, -0.1) is 0 Å². The summed E-state index contributed by atoms with van der Waals surface area (Å²) in [5, 5.41) is 7.08. The molecule has 4 rings (SSSR count). The van der Waals surface area contributed by atoms with Gasteiger partial charge in [0.05, 0.1) is 12.1 Å². The van der Waals surface area contributed by atoms with Gasteiger partial charge in [0.25, 0.3) is 0 Å². The maximum absolute atomic E-state index is 12.3. The third-order valence-electron chi connectivity index (χ3n) is 5.27. The van der Waals surface area contributed by atoms with E-state index in [1.807, 2.05) is 0 Å². The molecule has 0 radical (unpaired) electrons. The lowest BCUT2D eigenvalue weighted by Gasteiger charge is -2.30. The number of amides is 1. The molecule has 0 aliphatic carbocycles. The number of fused-ring (bicyclic) bond motifs is 1. The van der Waals surface area contributed by atoms with E-state index in [4.69, 9.17) is 20.5 Å². The standard InChI is InChI=1S/C20H24ClN5O4/c1-13-4-2-8-25(11-13)9-3-7-22-18(27)19-23-17(24-30-19)12-26-15-10-14(21)5-6-16(15)29-20(26)28/h5-6,10,13H,2-4,7-9,11-12H2,1H3,(H,22,27). The average molecular weight is 434 g/mol. The summed E-state index contributed by atoms with van der Waals surface area (Å²) in [5.41, 5.74) is 0.935. The second-order valence-electron chi connectivity index (χ2n) is 7.74. The monoisotopic (exact) mass is 433 g/mol. The van der Waals surface area contributed by atoms with E-state index in [-0.39, 0.29) is 18.3 Å². The van der Waals surface area contributed by atoms with Gasteiger partial charge in [0.1, 0.15) is 0 Å². The molecular weight excluding hydrogens is 410 g/mol. The van der Waals surface area contributed by atoms with Crippen molar-refractivity contribution >= 4 is 28.6 Å². The molecule has 0 saturated carbocycles. The van der Waals surface area contributed by atoms with Crippen molar-refractivity contribution in [2.45, 2.75) is 32.7 Å². The van der Waals surface area contributed by atoms with E-state index < -0.39 is 11.7 Å². The minimum absolute atomic E-state index is 0.0100. The molecule has 3 heterocycles. The van der Waals surface area contributed by atoms with Crippen LogP contribution in [0.3, 0.4) is 0 Å². The number of rotatable bonds is 7. The lowest BCUT2D eigenvalue weighted by Crippen LogP contribution is -2.36. The van der Waals surface area contributed by atoms with Crippen LogP contribution in [0.1, 0.15) is 42.7 Å². The van der Waals surface area contributed by atoms with Crippen LogP contribution >= 0.6 is 11.6 Å². The number of carbonyl (C=O) groups is 1. The first-order valence-electron chi connectivity index (χ1n) is 10.1. The molecule has 1 atom stereocenters. The molecule has 1 aliphatic heterocycles. The minimum atomic E-state index is -0.560. The first-order chi connectivity index (χ1) is 14.5. The molecule has 1 aliphatic rings. The van der Waals surface area contributed by atoms with E-state index in [1.54, 1.807) is 18.2 Å². The largest absolute Gasteiger partial charge is 0.420 e. The summed E-state index contributed by atoms with van der Waals surface area (Å²) in [6, 6.07) is 4.88. The van der Waals surface area contributed by atoms with Gasteiger partial charge in [-0.1, -0.05) is 23.7 Å². The average Bonchev–Trinajstić information content (AvgIpc) is 3.31. The van der Waals surface area contributed by atoms with Crippen molar-refractivity contribution in [2.75, 3.05) is 26.2 Å². The molecule has 1 fully saturated rings. The quantitative estimate of drug-likeness (QED) is 0.570. The van der Waals surface area contributed by atoms with Crippen LogP contribution in [0.4, 0.5) is 0 Å². The fraction of sp³-hybridized carbons (Fsp3) is 0.500. The predicted molar refractivity (Wildman–Crippen MR) is 111 cm³/mol. The first-order valence-corrected chi connectivity index (χ1v) is 10.5. The number of oxazole rings is 1. The lowest BCUT2D eigenvalue weighted by molar-refractivity contribution is 0.0906. The fourth-order valence-electron chi connectivity index (χ4n) is 3.81. The van der Waals surface area contributed by atoms with Gasteiger partial charge in [-0.2, -0.15) is 4.98 Å². The van der Waals surface area contributed by atoms with Crippen molar-refractivity contribution in [3.8, 4) is 0 Å². The number of hydrogen-bond acceptors (Lipinski definition) is 7. The van der Waals surface area contributed by atoms with E-state index in [1.165, 1.54) is 17.4 Å². The van der Waals surface area contributed by atoms with E-state index >= 15 is 0 Å². The van der Waals surface area contributed by atoms with Crippen molar-refractivity contribution in [2.24, 2.45) is 5.92 Å². The molecular formula is C20H24ClN5O4. The van der Waals surface area contributed by atoms with Crippen molar-refractivity contribution in [1.82, 2.24) is 24.9 Å². The lowest BCUT2D eigenvalue weighted by atomic mass is 10.0. The van der Waals surface area contributed by atoms with Gasteiger partial charge in [-0.05, 0) is 56.5 Å². The molecule has 30 heavy (non-hydrogen) atoms. The Kier molecular flexibility index (Phi) is 6.19. The van der Waals surface area contributed by atoms with Gasteiger partial charge in [-0.25, -0.2) is 4.79 Å². The van der Waals surface area contributed by atoms with E-state index in [9.17, 15) is 9.59 Å². The van der Waals surface area contributed by atoms with Crippen molar-refractivity contribution < 1.29 is 13.7 Å². The molecule has 160 valence electrons. The molecule has 1 amide bonds. The van der Waals surface area contributed by atoms with Crippen LogP contribution in [-0.2, 0) is 6.54 Å². The Balaban J connectivity index is 1.32. The number of carbonyl (C=O) groups excluding carboxylic acids is 1. The summed E-state index contributed by atoms with van der Waals surface area (Å²) in [6.07, 6.45) is 3.39. The van der Waals surface area contributed by atoms with Crippen LogP contribution in [0, 0.1) is 5.92 Å².